The molecule has 1 N–H and O–H groups in total. The molecule has 5 aromatic carbocycles. The number of aromatic nitrogens is 14. The maximum atomic E-state index is 11.7. The third-order valence-electron chi connectivity index (χ3n) is 26.6. The average molecular weight is 1640 g/mol. The van der Waals surface area contributed by atoms with Crippen LogP contribution in [0.25, 0.3) is 88.6 Å². The van der Waals surface area contributed by atoms with Gasteiger partial charge in [-0.2, -0.15) is 35.7 Å². The van der Waals surface area contributed by atoms with Gasteiger partial charge in [0.2, 0.25) is 5.91 Å². The third kappa shape index (κ3) is 18.4. The highest BCUT2D eigenvalue weighted by Gasteiger charge is 2.34. The fourth-order valence-electron chi connectivity index (χ4n) is 19.3. The lowest BCUT2D eigenvalue weighted by molar-refractivity contribution is -0.120. The van der Waals surface area contributed by atoms with Crippen molar-refractivity contribution in [3.05, 3.63) is 150 Å². The first-order valence-electron chi connectivity index (χ1n) is 43.8. The van der Waals surface area contributed by atoms with Crippen molar-refractivity contribution < 1.29 is 38.1 Å². The summed E-state index contributed by atoms with van der Waals surface area (Å²) in [6.45, 7) is 11.2. The van der Waals surface area contributed by atoms with Crippen LogP contribution in [0.15, 0.2) is 129 Å². The Kier molecular flexibility index (Phi) is 24.2. The van der Waals surface area contributed by atoms with Gasteiger partial charge < -0.3 is 29.2 Å². The molecule has 9 heterocycles. The van der Waals surface area contributed by atoms with E-state index in [1.54, 1.807) is 0 Å². The molecule has 7 fully saturated rings. The molecule has 8 aliphatic rings. The second kappa shape index (κ2) is 35.5. The van der Waals surface area contributed by atoms with Gasteiger partial charge in [0.05, 0.1) is 98.6 Å². The van der Waals surface area contributed by atoms with Crippen LogP contribution in [0.4, 0.5) is 0 Å². The molecule has 1 amide bonds. The molecular formula is C95H113ClN16O8. The van der Waals surface area contributed by atoms with Crippen molar-refractivity contribution in [3.63, 3.8) is 0 Å². The number of carbonyl (C=O) groups is 4. The quantitative estimate of drug-likeness (QED) is 0.0791. The highest BCUT2D eigenvalue weighted by molar-refractivity contribution is 6.32. The number of amides is 1. The topological polar surface area (TPSA) is 245 Å². The number of benzene rings is 5. The van der Waals surface area contributed by atoms with E-state index in [-0.39, 0.29) is 48.1 Å². The van der Waals surface area contributed by atoms with E-state index in [1.165, 1.54) is 80.9 Å². The molecule has 0 radical (unpaired) electrons. The number of likely N-dealkylation sites (tertiary alicyclic amines) is 1. The smallest absolute Gasteiger partial charge is 0.220 e. The Balaban J connectivity index is 0.000000114. The van der Waals surface area contributed by atoms with Crippen molar-refractivity contribution in [1.29, 1.82) is 0 Å². The Morgan fingerprint density at radius 3 is 1.12 bits per heavy atom. The summed E-state index contributed by atoms with van der Waals surface area (Å²) in [5, 5.41) is 40.2. The molecular weight excluding hydrogens is 1530 g/mol. The molecule has 5 saturated carbocycles. The second-order valence-corrected chi connectivity index (χ2v) is 35.8. The van der Waals surface area contributed by atoms with E-state index in [2.05, 4.69) is 167 Å². The van der Waals surface area contributed by atoms with Gasteiger partial charge in [-0.15, -0.1) is 0 Å². The lowest BCUT2D eigenvalue weighted by atomic mass is 9.96. The maximum Gasteiger partial charge on any atom is 0.220 e. The van der Waals surface area contributed by atoms with Gasteiger partial charge >= 0.3 is 0 Å². The molecule has 0 unspecified atom stereocenters. The van der Waals surface area contributed by atoms with Gasteiger partial charge in [0.25, 0.3) is 0 Å². The van der Waals surface area contributed by atoms with Gasteiger partial charge in [-0.1, -0.05) is 68.3 Å². The van der Waals surface area contributed by atoms with Crippen molar-refractivity contribution in [2.24, 2.45) is 51.9 Å². The lowest BCUT2D eigenvalue weighted by Gasteiger charge is -2.28. The Hall–Kier alpha value is -10.7. The minimum absolute atomic E-state index is 0.0000631. The van der Waals surface area contributed by atoms with Gasteiger partial charge in [0.1, 0.15) is 46.5 Å². The molecule has 6 aliphatic carbocycles. The summed E-state index contributed by atoms with van der Waals surface area (Å²) in [5.41, 5.74) is 14.8. The fraction of sp³-hybridized carbons (Fsp3) is 0.484. The monoisotopic (exact) mass is 1640 g/mol. The van der Waals surface area contributed by atoms with Crippen LogP contribution in [0.5, 0.6) is 23.0 Å². The number of nitrogens with zero attached hydrogens (tertiary/aromatic N) is 15. The highest BCUT2D eigenvalue weighted by atomic mass is 35.5. The minimum atomic E-state index is -0.0624. The van der Waals surface area contributed by atoms with Crippen LogP contribution >= 0.6 is 11.6 Å². The number of halogens is 1. The molecule has 8 atom stereocenters. The average Bonchev–Trinajstić information content (AvgIpc) is 1.64. The molecule has 24 nitrogen and oxygen atoms in total. The number of hydrogen-bond acceptors (Lipinski definition) is 16. The summed E-state index contributed by atoms with van der Waals surface area (Å²) in [5.74, 6) is 5.52. The number of hydrogen-bond donors (Lipinski definition) is 1. The summed E-state index contributed by atoms with van der Waals surface area (Å²) in [6, 6.07) is 24.4. The fourth-order valence-corrected chi connectivity index (χ4v) is 19.6. The van der Waals surface area contributed by atoms with Gasteiger partial charge in [-0.05, 0) is 199 Å². The number of ketones is 3. The summed E-state index contributed by atoms with van der Waals surface area (Å²) >= 11 is 6.40. The second-order valence-electron chi connectivity index (χ2n) is 35.4. The van der Waals surface area contributed by atoms with Crippen LogP contribution in [-0.2, 0) is 53.8 Å². The number of nitrogens with one attached hydrogen (secondary N) is 1. The first-order valence-corrected chi connectivity index (χ1v) is 44.1. The number of rotatable bonds is 19. The molecule has 12 aromatic rings. The lowest BCUT2D eigenvalue weighted by Crippen LogP contribution is -2.31. The number of allylic oxidation sites excluding steroid dienone is 1. The molecule has 628 valence electrons. The van der Waals surface area contributed by atoms with Crippen LogP contribution < -0.4 is 24.3 Å². The Morgan fingerprint density at radius 1 is 0.408 bits per heavy atom. The number of Topliss-reactive ketones (excluding diaryl/α,β-unsaturated/α-hetero) is 3. The normalized spacial score (nSPS) is 21.0. The minimum Gasteiger partial charge on any atom is -0.490 e. The number of aryl methyl sites for hydroxylation is 4. The van der Waals surface area contributed by atoms with E-state index in [1.807, 2.05) is 109 Å². The first kappa shape index (κ1) is 81.6. The zero-order valence-electron chi connectivity index (χ0n) is 70.8. The predicted molar refractivity (Wildman–Crippen MR) is 468 cm³/mol. The number of ether oxygens (including phenoxy) is 4. The maximum absolute atomic E-state index is 11.7. The SMILES string of the molecule is C[C@@H](Oc1cc(-c2cnn(C3CCCCC3)c2)cc2nn(C)cc12)[C@H]1CCC(=O)C1.C[C@@H](Oc1cc(-c2cnn(C3CCCCC3)c2)cc2nn(C)cc12)[C@H]1CNC(=O)C1.C[C@@H](Oc1cc(-c2cnn(C3CCN(C)CC3)c2)cc2nn(C)cc12)[C@H]1CCC(=O)C1.C[C@@H](Oc1cc(C2=Cc3cccc(Cl)c3C2)cc2nn(C)cc12)[C@H]1CCC(=O)C1. The Labute approximate surface area is 706 Å². The van der Waals surface area contributed by atoms with Crippen LogP contribution in [0.3, 0.4) is 0 Å². The molecule has 25 heteroatoms. The van der Waals surface area contributed by atoms with Crippen molar-refractivity contribution in [1.82, 2.24) is 78.7 Å². The van der Waals surface area contributed by atoms with Gasteiger partial charge in [-0.25, -0.2) is 0 Å². The first-order chi connectivity index (χ1) is 58.1. The van der Waals surface area contributed by atoms with E-state index < -0.39 is 0 Å². The van der Waals surface area contributed by atoms with E-state index in [9.17, 15) is 19.2 Å². The number of carbonyl (C=O) groups excluding carboxylic acids is 4. The van der Waals surface area contributed by atoms with Gasteiger partial charge in [0.15, 0.2) is 0 Å². The Bertz CT molecular complexity index is 5610. The van der Waals surface area contributed by atoms with Gasteiger partial charge in [0, 0.05) is 175 Å². The Morgan fingerprint density at radius 2 is 0.767 bits per heavy atom. The van der Waals surface area contributed by atoms with Crippen molar-refractivity contribution >= 4 is 90.1 Å². The van der Waals surface area contributed by atoms with Gasteiger partial charge in [-0.3, -0.25) is 52.0 Å². The summed E-state index contributed by atoms with van der Waals surface area (Å²) in [4.78, 5) is 49.1. The molecule has 2 aliphatic heterocycles. The summed E-state index contributed by atoms with van der Waals surface area (Å²) in [6.07, 6.45) is 45.4. The largest absolute Gasteiger partial charge is 0.490 e. The van der Waals surface area contributed by atoms with Crippen LogP contribution in [0, 0.1) is 23.7 Å². The zero-order chi connectivity index (χ0) is 83.0. The van der Waals surface area contributed by atoms with Crippen LogP contribution in [0.1, 0.15) is 204 Å². The summed E-state index contributed by atoms with van der Waals surface area (Å²) in [7, 11) is 9.89. The number of fused-ring (bicyclic) bond motifs is 5. The standard InChI is InChI=1S/C24H23ClN2O2.C24H31N5O2.C24H30N4O2.C23H29N5O2/c1-14(15-6-7-19(28)9-15)29-24-12-18(11-23-21(24)13-27(2)26-23)17-8-16-4-3-5-22(25)20(16)10-17;1-16(17-4-5-21(30)10-17)31-24-12-18(11-23-22(24)15-28(3)26-23)19-13-25-29(14-19)20-6-8-27(2)9-7-20;1-16(17-8-9-21(29)10-17)30-24-12-18(11-23-22(24)15-27(2)26-23)19-13-25-28(14-19)20-6-4-3-5-7-20;1-15(17-10-23(29)24-11-17)30-22-9-16(8-21-20(22)14-27(2)26-21)18-12-25-28(13-18)19-6-4-3-5-7-19/h3-5,8,11-15H,6-7,9-10H2,1-2H3;11-17,20H,4-10H2,1-3H3;11-17,20H,3-10H2,1-2H3;8-9,12-15,17,19H,3-7,10-11H2,1-2H3,(H,24,29)/t14-,15+;2*16-,17+;15-,17-/m1111/s1. The predicted octanol–water partition coefficient (Wildman–Crippen LogP) is 18.2. The van der Waals surface area contributed by atoms with Crippen LogP contribution in [-0.4, -0.2) is 148 Å². The third-order valence-corrected chi connectivity index (χ3v) is 26.9. The van der Waals surface area contributed by atoms with Crippen molar-refractivity contribution in [3.8, 4) is 56.4 Å². The molecule has 2 saturated heterocycles. The van der Waals surface area contributed by atoms with E-state index in [0.29, 0.717) is 92.9 Å². The van der Waals surface area contributed by atoms with Crippen molar-refractivity contribution in [2.75, 3.05) is 26.7 Å². The van der Waals surface area contributed by atoms with Crippen molar-refractivity contribution in [2.45, 2.75) is 218 Å². The molecule has 0 bridgehead atoms. The molecule has 0 spiro atoms. The van der Waals surface area contributed by atoms with E-state index in [4.69, 9.17) is 30.5 Å². The number of piperidine rings is 1. The van der Waals surface area contributed by atoms with E-state index in [0.717, 1.165) is 162 Å². The van der Waals surface area contributed by atoms with Crippen LogP contribution in [0.2, 0.25) is 5.02 Å². The molecule has 7 aromatic heterocycles. The zero-order valence-corrected chi connectivity index (χ0v) is 71.5. The van der Waals surface area contributed by atoms with E-state index >= 15 is 0 Å². The summed E-state index contributed by atoms with van der Waals surface area (Å²) < 4.78 is 39.4. The molecule has 20 rings (SSSR count). The highest BCUT2D eigenvalue weighted by Crippen LogP contribution is 2.44. The molecule has 120 heavy (non-hydrogen) atoms.